The number of aliphatic imine (C=N–C) groups is 1. The Morgan fingerprint density at radius 3 is 2.64 bits per heavy atom. The van der Waals surface area contributed by atoms with Crippen LogP contribution in [0.25, 0.3) is 0 Å². The van der Waals surface area contributed by atoms with Crippen LogP contribution in [0.2, 0.25) is 0 Å². The first-order valence-corrected chi connectivity index (χ1v) is 8.15. The van der Waals surface area contributed by atoms with Crippen LogP contribution in [0.3, 0.4) is 0 Å². The van der Waals surface area contributed by atoms with E-state index >= 15 is 0 Å². The molecule has 6 heteroatoms. The summed E-state index contributed by atoms with van der Waals surface area (Å²) in [6, 6.07) is 7.95. The van der Waals surface area contributed by atoms with Crippen LogP contribution in [0.15, 0.2) is 34.8 Å². The molecule has 0 aliphatic rings. The van der Waals surface area contributed by atoms with Crippen LogP contribution in [0.1, 0.15) is 23.1 Å². The van der Waals surface area contributed by atoms with Gasteiger partial charge in [-0.15, -0.1) is 11.3 Å². The predicted octanol–water partition coefficient (Wildman–Crippen LogP) is 2.72. The van der Waals surface area contributed by atoms with E-state index in [4.69, 9.17) is 4.74 Å². The molecule has 1 aromatic carbocycles. The molecule has 0 amide bonds. The number of aromatic nitrogens is 1. The fourth-order valence-electron chi connectivity index (χ4n) is 1.90. The average molecular weight is 318 g/mol. The standard InChI is InChI=1S/C16H22N4OS/c1-4-17-16(19-10-15-12(2)20-11-22-15)18-9-13-5-7-14(21-3)8-6-13/h5-8,11H,4,9-10H2,1-3H3,(H2,17,18,19). The largest absolute Gasteiger partial charge is 0.497 e. The van der Waals surface area contributed by atoms with Crippen LogP contribution in [-0.2, 0) is 13.1 Å². The molecule has 0 saturated heterocycles. The summed E-state index contributed by atoms with van der Waals surface area (Å²) in [5, 5.41) is 6.60. The molecule has 0 aliphatic heterocycles. The third-order valence-electron chi connectivity index (χ3n) is 3.18. The number of rotatable bonds is 6. The molecular weight excluding hydrogens is 296 g/mol. The second-order valence-corrected chi connectivity index (χ2v) is 5.70. The molecule has 118 valence electrons. The molecule has 2 aromatic rings. The van der Waals surface area contributed by atoms with Crippen molar-refractivity contribution in [2.24, 2.45) is 4.99 Å². The zero-order valence-electron chi connectivity index (χ0n) is 13.2. The summed E-state index contributed by atoms with van der Waals surface area (Å²) in [5.74, 6) is 1.67. The average Bonchev–Trinajstić information content (AvgIpc) is 2.96. The first kappa shape index (κ1) is 16.3. The van der Waals surface area contributed by atoms with Gasteiger partial charge in [-0.05, 0) is 31.5 Å². The maximum absolute atomic E-state index is 5.16. The van der Waals surface area contributed by atoms with Gasteiger partial charge < -0.3 is 15.4 Å². The molecule has 2 rings (SSSR count). The van der Waals surface area contributed by atoms with Crippen LogP contribution in [0.5, 0.6) is 5.75 Å². The van der Waals surface area contributed by atoms with Gasteiger partial charge in [0.05, 0.1) is 31.4 Å². The van der Waals surface area contributed by atoms with Crippen molar-refractivity contribution in [1.82, 2.24) is 15.6 Å². The van der Waals surface area contributed by atoms with Crippen molar-refractivity contribution in [1.29, 1.82) is 0 Å². The molecule has 0 fully saturated rings. The van der Waals surface area contributed by atoms with Gasteiger partial charge in [0.1, 0.15) is 5.75 Å². The van der Waals surface area contributed by atoms with Crippen LogP contribution >= 0.6 is 11.3 Å². The second-order valence-electron chi connectivity index (χ2n) is 4.76. The van der Waals surface area contributed by atoms with Crippen LogP contribution in [0, 0.1) is 6.92 Å². The van der Waals surface area contributed by atoms with E-state index in [1.54, 1.807) is 18.4 Å². The normalized spacial score (nSPS) is 11.3. The quantitative estimate of drug-likeness (QED) is 0.635. The van der Waals surface area contributed by atoms with E-state index in [-0.39, 0.29) is 0 Å². The van der Waals surface area contributed by atoms with Gasteiger partial charge in [-0.1, -0.05) is 12.1 Å². The molecule has 0 atom stereocenters. The van der Waals surface area contributed by atoms with Crippen LogP contribution in [-0.4, -0.2) is 24.6 Å². The number of thiazole rings is 1. The Balaban J connectivity index is 1.95. The van der Waals surface area contributed by atoms with Gasteiger partial charge in [-0.3, -0.25) is 0 Å². The second kappa shape index (κ2) is 8.38. The third kappa shape index (κ3) is 4.73. The Labute approximate surface area is 135 Å². The number of guanidine groups is 1. The number of hydrogen-bond acceptors (Lipinski definition) is 4. The van der Waals surface area contributed by atoms with Gasteiger partial charge in [0, 0.05) is 11.4 Å². The number of aryl methyl sites for hydroxylation is 1. The number of methoxy groups -OCH3 is 1. The topological polar surface area (TPSA) is 58.5 Å². The van der Waals surface area contributed by atoms with Gasteiger partial charge in [0.2, 0.25) is 0 Å². The summed E-state index contributed by atoms with van der Waals surface area (Å²) in [4.78, 5) is 10.1. The highest BCUT2D eigenvalue weighted by Gasteiger charge is 2.03. The molecule has 0 saturated carbocycles. The highest BCUT2D eigenvalue weighted by molar-refractivity contribution is 7.09. The summed E-state index contributed by atoms with van der Waals surface area (Å²) in [7, 11) is 1.67. The molecular formula is C16H22N4OS. The van der Waals surface area contributed by atoms with Crippen molar-refractivity contribution < 1.29 is 4.74 Å². The lowest BCUT2D eigenvalue weighted by molar-refractivity contribution is 0.414. The Morgan fingerprint density at radius 1 is 1.27 bits per heavy atom. The van der Waals surface area contributed by atoms with Crippen molar-refractivity contribution in [3.63, 3.8) is 0 Å². The minimum Gasteiger partial charge on any atom is -0.497 e. The predicted molar refractivity (Wildman–Crippen MR) is 91.5 cm³/mol. The van der Waals surface area contributed by atoms with E-state index < -0.39 is 0 Å². The van der Waals surface area contributed by atoms with Crippen LogP contribution < -0.4 is 15.4 Å². The number of ether oxygens (including phenoxy) is 1. The molecule has 5 nitrogen and oxygen atoms in total. The molecule has 2 N–H and O–H groups in total. The van der Waals surface area contributed by atoms with Crippen LogP contribution in [0.4, 0.5) is 0 Å². The lowest BCUT2D eigenvalue weighted by Crippen LogP contribution is -2.36. The summed E-state index contributed by atoms with van der Waals surface area (Å²) in [5.41, 5.74) is 4.09. The molecule has 0 bridgehead atoms. The maximum Gasteiger partial charge on any atom is 0.191 e. The molecule has 0 aliphatic carbocycles. The van der Waals surface area contributed by atoms with Crippen molar-refractivity contribution in [2.75, 3.05) is 13.7 Å². The van der Waals surface area contributed by atoms with Gasteiger partial charge in [-0.25, -0.2) is 9.98 Å². The van der Waals surface area contributed by atoms with E-state index in [1.165, 1.54) is 4.88 Å². The van der Waals surface area contributed by atoms with Crippen molar-refractivity contribution >= 4 is 17.3 Å². The highest BCUT2D eigenvalue weighted by Crippen LogP contribution is 2.12. The first-order valence-electron chi connectivity index (χ1n) is 7.27. The molecule has 1 aromatic heterocycles. The fraction of sp³-hybridized carbons (Fsp3) is 0.375. The smallest absolute Gasteiger partial charge is 0.191 e. The first-order chi connectivity index (χ1) is 10.7. The number of benzene rings is 1. The minimum absolute atomic E-state index is 0.626. The van der Waals surface area contributed by atoms with E-state index in [1.807, 2.05) is 36.7 Å². The maximum atomic E-state index is 5.16. The summed E-state index contributed by atoms with van der Waals surface area (Å²) >= 11 is 1.66. The van der Waals surface area contributed by atoms with Gasteiger partial charge in [0.25, 0.3) is 0 Å². The Bertz CT molecular complexity index is 607. The molecule has 22 heavy (non-hydrogen) atoms. The zero-order valence-corrected chi connectivity index (χ0v) is 14.0. The van der Waals surface area contributed by atoms with Gasteiger partial charge >= 0.3 is 0 Å². The Hall–Kier alpha value is -2.08. The minimum atomic E-state index is 0.626. The molecule has 0 unspecified atom stereocenters. The van der Waals surface area contributed by atoms with Crippen molar-refractivity contribution in [2.45, 2.75) is 26.9 Å². The highest BCUT2D eigenvalue weighted by atomic mass is 32.1. The van der Waals surface area contributed by atoms with Crippen molar-refractivity contribution in [3.8, 4) is 5.75 Å². The molecule has 0 radical (unpaired) electrons. The molecule has 1 heterocycles. The van der Waals surface area contributed by atoms with E-state index in [2.05, 4.69) is 27.5 Å². The zero-order chi connectivity index (χ0) is 15.8. The fourth-order valence-corrected chi connectivity index (χ4v) is 2.62. The third-order valence-corrected chi connectivity index (χ3v) is 4.12. The molecule has 0 spiro atoms. The monoisotopic (exact) mass is 318 g/mol. The summed E-state index contributed by atoms with van der Waals surface area (Å²) in [6.45, 7) is 6.28. The van der Waals surface area contributed by atoms with Gasteiger partial charge in [-0.2, -0.15) is 0 Å². The van der Waals surface area contributed by atoms with Gasteiger partial charge in [0.15, 0.2) is 5.96 Å². The number of nitrogens with zero attached hydrogens (tertiary/aromatic N) is 2. The van der Waals surface area contributed by atoms with E-state index in [9.17, 15) is 0 Å². The Morgan fingerprint density at radius 2 is 2.05 bits per heavy atom. The SMILES string of the molecule is CCNC(=NCc1ccc(OC)cc1)NCc1scnc1C. The Kier molecular flexibility index (Phi) is 6.21. The van der Waals surface area contributed by atoms with E-state index in [0.717, 1.165) is 36.1 Å². The number of nitrogens with one attached hydrogen (secondary N) is 2. The lowest BCUT2D eigenvalue weighted by atomic mass is 10.2. The van der Waals surface area contributed by atoms with Crippen molar-refractivity contribution in [3.05, 3.63) is 45.9 Å². The lowest BCUT2D eigenvalue weighted by Gasteiger charge is -2.11. The summed E-state index contributed by atoms with van der Waals surface area (Å²) < 4.78 is 5.16. The number of hydrogen-bond donors (Lipinski definition) is 2. The summed E-state index contributed by atoms with van der Waals surface area (Å²) in [6.07, 6.45) is 0. The van der Waals surface area contributed by atoms with E-state index in [0.29, 0.717) is 6.54 Å².